The van der Waals surface area contributed by atoms with Crippen LogP contribution in [0.2, 0.25) is 0 Å². The molecule has 1 aliphatic carbocycles. The van der Waals surface area contributed by atoms with E-state index in [0.717, 1.165) is 24.8 Å². The highest BCUT2D eigenvalue weighted by atomic mass is 35.5. The number of anilines is 1. The van der Waals surface area contributed by atoms with Crippen molar-refractivity contribution in [3.63, 3.8) is 0 Å². The van der Waals surface area contributed by atoms with Crippen LogP contribution in [0.25, 0.3) is 0 Å². The summed E-state index contributed by atoms with van der Waals surface area (Å²) < 4.78 is 13.5. The van der Waals surface area contributed by atoms with Gasteiger partial charge in [0.05, 0.1) is 5.69 Å². The average molecular weight is 287 g/mol. The number of carbonyl (C=O) groups is 1. The molecule has 1 fully saturated rings. The van der Waals surface area contributed by atoms with Crippen molar-refractivity contribution in [2.45, 2.75) is 38.6 Å². The molecule has 2 atom stereocenters. The van der Waals surface area contributed by atoms with Gasteiger partial charge in [-0.15, -0.1) is 12.4 Å². The van der Waals surface area contributed by atoms with Gasteiger partial charge in [-0.2, -0.15) is 0 Å². The molecule has 1 saturated carbocycles. The Morgan fingerprint density at radius 1 is 1.42 bits per heavy atom. The molecule has 2 rings (SSSR count). The Labute approximate surface area is 119 Å². The minimum absolute atomic E-state index is 0. The molecule has 0 aromatic heterocycles. The first-order valence-electron chi connectivity index (χ1n) is 6.39. The summed E-state index contributed by atoms with van der Waals surface area (Å²) in [5.41, 5.74) is 7.04. The van der Waals surface area contributed by atoms with Crippen molar-refractivity contribution in [3.05, 3.63) is 29.6 Å². The van der Waals surface area contributed by atoms with Crippen LogP contribution in [0.5, 0.6) is 0 Å². The lowest BCUT2D eigenvalue weighted by atomic mass is 9.85. The van der Waals surface area contributed by atoms with Crippen molar-refractivity contribution >= 4 is 24.0 Å². The molecule has 2 unspecified atom stereocenters. The molecule has 3 nitrogen and oxygen atoms in total. The molecule has 1 amide bonds. The van der Waals surface area contributed by atoms with E-state index in [9.17, 15) is 9.18 Å². The normalized spacial score (nSPS) is 22.5. The van der Waals surface area contributed by atoms with E-state index < -0.39 is 5.82 Å². The van der Waals surface area contributed by atoms with E-state index in [1.165, 1.54) is 6.07 Å². The largest absolute Gasteiger partial charge is 0.328 e. The van der Waals surface area contributed by atoms with Crippen LogP contribution in [0, 0.1) is 18.7 Å². The fourth-order valence-electron chi connectivity index (χ4n) is 2.44. The van der Waals surface area contributed by atoms with Crippen LogP contribution in [-0.4, -0.2) is 11.9 Å². The van der Waals surface area contributed by atoms with Crippen LogP contribution in [0.1, 0.15) is 31.2 Å². The first-order valence-corrected chi connectivity index (χ1v) is 6.39. The Kier molecular flexibility index (Phi) is 5.76. The number of rotatable bonds is 2. The van der Waals surface area contributed by atoms with Gasteiger partial charge in [-0.3, -0.25) is 4.79 Å². The average Bonchev–Trinajstić information content (AvgIpc) is 2.34. The Morgan fingerprint density at radius 2 is 2.16 bits per heavy atom. The van der Waals surface area contributed by atoms with E-state index in [2.05, 4.69) is 5.32 Å². The number of carbonyl (C=O) groups excluding carboxylic acids is 1. The van der Waals surface area contributed by atoms with Gasteiger partial charge in [0.15, 0.2) is 0 Å². The maximum Gasteiger partial charge on any atom is 0.227 e. The van der Waals surface area contributed by atoms with E-state index in [-0.39, 0.29) is 36.0 Å². The fourth-order valence-corrected chi connectivity index (χ4v) is 2.44. The molecule has 106 valence electrons. The van der Waals surface area contributed by atoms with Gasteiger partial charge in [-0.1, -0.05) is 12.5 Å². The fraction of sp³-hybridized carbons (Fsp3) is 0.500. The van der Waals surface area contributed by atoms with Crippen LogP contribution < -0.4 is 11.1 Å². The minimum atomic E-state index is -0.394. The Hall–Kier alpha value is -1.13. The van der Waals surface area contributed by atoms with Crippen molar-refractivity contribution < 1.29 is 9.18 Å². The summed E-state index contributed by atoms with van der Waals surface area (Å²) >= 11 is 0. The Morgan fingerprint density at radius 3 is 2.84 bits per heavy atom. The molecule has 0 bridgehead atoms. The van der Waals surface area contributed by atoms with E-state index in [0.29, 0.717) is 6.42 Å². The van der Waals surface area contributed by atoms with Gasteiger partial charge in [0.25, 0.3) is 0 Å². The highest BCUT2D eigenvalue weighted by Crippen LogP contribution is 2.25. The molecule has 5 heteroatoms. The lowest BCUT2D eigenvalue weighted by molar-refractivity contribution is -0.120. The number of benzene rings is 1. The number of nitrogens with two attached hydrogens (primary N) is 1. The second kappa shape index (κ2) is 6.87. The van der Waals surface area contributed by atoms with Gasteiger partial charge in [0, 0.05) is 12.0 Å². The van der Waals surface area contributed by atoms with Gasteiger partial charge in [0.1, 0.15) is 5.82 Å². The van der Waals surface area contributed by atoms with Crippen LogP contribution in [0.3, 0.4) is 0 Å². The first kappa shape index (κ1) is 15.9. The third-order valence-electron chi connectivity index (χ3n) is 3.47. The lowest BCUT2D eigenvalue weighted by Crippen LogP contribution is -2.34. The highest BCUT2D eigenvalue weighted by Gasteiger charge is 2.25. The molecule has 3 N–H and O–H groups in total. The number of hydrogen-bond acceptors (Lipinski definition) is 2. The number of aryl methyl sites for hydroxylation is 1. The topological polar surface area (TPSA) is 55.1 Å². The number of nitrogens with one attached hydrogen (secondary N) is 1. The molecular weight excluding hydrogens is 267 g/mol. The van der Waals surface area contributed by atoms with Crippen LogP contribution in [-0.2, 0) is 4.79 Å². The third-order valence-corrected chi connectivity index (χ3v) is 3.47. The molecule has 1 aromatic carbocycles. The van der Waals surface area contributed by atoms with Gasteiger partial charge in [-0.25, -0.2) is 4.39 Å². The quantitative estimate of drug-likeness (QED) is 0.878. The summed E-state index contributed by atoms with van der Waals surface area (Å²) in [7, 11) is 0. The standard InChI is InChI=1S/C14H19FN2O.ClH/c1-9-5-6-12(15)13(7-9)17-14(18)10-3-2-4-11(16)8-10;/h5-7,10-11H,2-4,8,16H2,1H3,(H,17,18);1H. The number of hydrogen-bond donors (Lipinski definition) is 2. The second-order valence-corrected chi connectivity index (χ2v) is 5.10. The monoisotopic (exact) mass is 286 g/mol. The molecule has 1 aromatic rings. The first-order chi connectivity index (χ1) is 8.56. The van der Waals surface area contributed by atoms with Gasteiger partial charge in [-0.05, 0) is 43.9 Å². The molecule has 0 radical (unpaired) electrons. The molecule has 0 heterocycles. The summed E-state index contributed by atoms with van der Waals surface area (Å²) in [5.74, 6) is -0.600. The Bertz CT molecular complexity index is 453. The van der Waals surface area contributed by atoms with Crippen LogP contribution in [0.4, 0.5) is 10.1 Å². The predicted octanol–water partition coefficient (Wildman–Crippen LogP) is 3.01. The van der Waals surface area contributed by atoms with Gasteiger partial charge < -0.3 is 11.1 Å². The maximum atomic E-state index is 13.5. The maximum absolute atomic E-state index is 13.5. The summed E-state index contributed by atoms with van der Waals surface area (Å²) in [6, 6.07) is 4.80. The molecule has 0 aliphatic heterocycles. The van der Waals surface area contributed by atoms with Crippen molar-refractivity contribution in [3.8, 4) is 0 Å². The number of amides is 1. The van der Waals surface area contributed by atoms with Crippen molar-refractivity contribution in [1.29, 1.82) is 0 Å². The summed E-state index contributed by atoms with van der Waals surface area (Å²) in [6.45, 7) is 1.87. The zero-order valence-electron chi connectivity index (χ0n) is 11.0. The molecule has 0 saturated heterocycles. The van der Waals surface area contributed by atoms with E-state index in [1.54, 1.807) is 12.1 Å². The summed E-state index contributed by atoms with van der Waals surface area (Å²) in [6.07, 6.45) is 3.48. The molecule has 1 aliphatic rings. The number of halogens is 2. The zero-order chi connectivity index (χ0) is 13.1. The summed E-state index contributed by atoms with van der Waals surface area (Å²) in [5, 5.41) is 2.67. The van der Waals surface area contributed by atoms with Crippen molar-refractivity contribution in [2.75, 3.05) is 5.32 Å². The highest BCUT2D eigenvalue weighted by molar-refractivity contribution is 5.92. The van der Waals surface area contributed by atoms with Crippen LogP contribution >= 0.6 is 12.4 Å². The minimum Gasteiger partial charge on any atom is -0.328 e. The molecule has 19 heavy (non-hydrogen) atoms. The molecule has 0 spiro atoms. The second-order valence-electron chi connectivity index (χ2n) is 5.10. The van der Waals surface area contributed by atoms with Gasteiger partial charge >= 0.3 is 0 Å². The SMILES string of the molecule is Cc1ccc(F)c(NC(=O)C2CCCC(N)C2)c1.Cl. The van der Waals surface area contributed by atoms with Crippen LogP contribution in [0.15, 0.2) is 18.2 Å². The lowest BCUT2D eigenvalue weighted by Gasteiger charge is -2.25. The zero-order valence-corrected chi connectivity index (χ0v) is 11.8. The van der Waals surface area contributed by atoms with Crippen molar-refractivity contribution in [2.24, 2.45) is 11.7 Å². The smallest absolute Gasteiger partial charge is 0.227 e. The Balaban J connectivity index is 0.00000180. The predicted molar refractivity (Wildman–Crippen MR) is 76.9 cm³/mol. The third kappa shape index (κ3) is 4.18. The summed E-state index contributed by atoms with van der Waals surface area (Å²) in [4.78, 5) is 12.0. The van der Waals surface area contributed by atoms with Gasteiger partial charge in [0.2, 0.25) is 5.91 Å². The van der Waals surface area contributed by atoms with E-state index >= 15 is 0 Å². The van der Waals surface area contributed by atoms with Crippen molar-refractivity contribution in [1.82, 2.24) is 0 Å². The van der Waals surface area contributed by atoms with E-state index in [1.807, 2.05) is 6.92 Å². The molecular formula is C14H20ClFN2O. The van der Waals surface area contributed by atoms with E-state index in [4.69, 9.17) is 5.73 Å².